The molecular weight excluding hydrogens is 426 g/mol. The third-order valence-electron chi connectivity index (χ3n) is 6.24. The molecule has 1 amide bonds. The van der Waals surface area contributed by atoms with E-state index in [1.54, 1.807) is 34.9 Å². The summed E-state index contributed by atoms with van der Waals surface area (Å²) < 4.78 is 7.14. The molecule has 0 saturated carbocycles. The van der Waals surface area contributed by atoms with Crippen molar-refractivity contribution in [1.29, 1.82) is 0 Å². The van der Waals surface area contributed by atoms with Crippen molar-refractivity contribution >= 4 is 16.8 Å². The predicted molar refractivity (Wildman–Crippen MR) is 134 cm³/mol. The number of carbonyl (C=O) groups excluding carboxylic acids is 1. The summed E-state index contributed by atoms with van der Waals surface area (Å²) in [7, 11) is 1.72. The quantitative estimate of drug-likeness (QED) is 0.377. The van der Waals surface area contributed by atoms with E-state index in [0.29, 0.717) is 34.5 Å². The van der Waals surface area contributed by atoms with Crippen LogP contribution < -0.4 is 5.56 Å². The van der Waals surface area contributed by atoms with Crippen LogP contribution in [0.15, 0.2) is 76.1 Å². The summed E-state index contributed by atoms with van der Waals surface area (Å²) >= 11 is 0. The summed E-state index contributed by atoms with van der Waals surface area (Å²) in [5.41, 5.74) is 2.24. The zero-order valence-electron chi connectivity index (χ0n) is 20.4. The lowest BCUT2D eigenvalue weighted by Crippen LogP contribution is -2.38. The Kier molecular flexibility index (Phi) is 6.42. The Morgan fingerprint density at radius 2 is 1.76 bits per heavy atom. The van der Waals surface area contributed by atoms with Gasteiger partial charge in [-0.3, -0.25) is 14.2 Å². The Balaban J connectivity index is 1.80. The summed E-state index contributed by atoms with van der Waals surface area (Å²) in [6.45, 7) is 8.70. The van der Waals surface area contributed by atoms with E-state index < -0.39 is 6.04 Å². The molecule has 1 atom stereocenters. The molecule has 0 spiro atoms. The molecule has 2 heterocycles. The highest BCUT2D eigenvalue weighted by Gasteiger charge is 2.29. The van der Waals surface area contributed by atoms with Crippen LogP contribution in [-0.4, -0.2) is 20.4 Å². The number of aromatic nitrogens is 2. The summed E-state index contributed by atoms with van der Waals surface area (Å²) in [6, 6.07) is 18.3. The van der Waals surface area contributed by atoms with Crippen LogP contribution in [0.3, 0.4) is 0 Å². The Bertz CT molecular complexity index is 1350. The van der Waals surface area contributed by atoms with Gasteiger partial charge in [0.2, 0.25) is 0 Å². The Labute approximate surface area is 199 Å². The van der Waals surface area contributed by atoms with E-state index in [0.717, 1.165) is 5.56 Å². The second kappa shape index (κ2) is 9.29. The Morgan fingerprint density at radius 3 is 2.38 bits per heavy atom. The molecule has 2 aromatic carbocycles. The SMILES string of the molecule is CC[C@H](c1nc2ccccc2c(=O)n1C)N(Cc1ccco1)C(=O)c1ccc(C(C)(C)C)cc1. The normalized spacial score (nSPS) is 12.6. The highest BCUT2D eigenvalue weighted by Crippen LogP contribution is 2.28. The van der Waals surface area contributed by atoms with E-state index in [-0.39, 0.29) is 23.4 Å². The first-order valence-corrected chi connectivity index (χ1v) is 11.6. The molecule has 4 aromatic rings. The van der Waals surface area contributed by atoms with Gasteiger partial charge in [0.1, 0.15) is 11.6 Å². The molecule has 6 nitrogen and oxygen atoms in total. The van der Waals surface area contributed by atoms with Gasteiger partial charge in [-0.15, -0.1) is 0 Å². The topological polar surface area (TPSA) is 68.3 Å². The van der Waals surface area contributed by atoms with Crippen molar-refractivity contribution in [1.82, 2.24) is 14.5 Å². The third-order valence-corrected chi connectivity index (χ3v) is 6.24. The van der Waals surface area contributed by atoms with Gasteiger partial charge in [0.05, 0.1) is 29.8 Å². The maximum absolute atomic E-state index is 13.8. The molecule has 0 N–H and O–H groups in total. The number of carbonyl (C=O) groups is 1. The monoisotopic (exact) mass is 457 g/mol. The van der Waals surface area contributed by atoms with Gasteiger partial charge in [-0.25, -0.2) is 4.98 Å². The largest absolute Gasteiger partial charge is 0.467 e. The number of para-hydroxylation sites is 1. The Morgan fingerprint density at radius 1 is 1.06 bits per heavy atom. The van der Waals surface area contributed by atoms with E-state index >= 15 is 0 Å². The van der Waals surface area contributed by atoms with Gasteiger partial charge in [0.25, 0.3) is 11.5 Å². The molecular formula is C28H31N3O3. The predicted octanol–water partition coefficient (Wildman–Crippen LogP) is 5.62. The zero-order chi connectivity index (χ0) is 24.5. The lowest BCUT2D eigenvalue weighted by atomic mass is 9.86. The average molecular weight is 458 g/mol. The zero-order valence-corrected chi connectivity index (χ0v) is 20.4. The van der Waals surface area contributed by atoms with E-state index in [4.69, 9.17) is 9.40 Å². The fourth-order valence-electron chi connectivity index (χ4n) is 4.25. The fraction of sp³-hybridized carbons (Fsp3) is 0.321. The second-order valence-corrected chi connectivity index (χ2v) is 9.62. The third kappa shape index (κ3) is 4.53. The minimum Gasteiger partial charge on any atom is -0.467 e. The van der Waals surface area contributed by atoms with Gasteiger partial charge in [0.15, 0.2) is 0 Å². The van der Waals surface area contributed by atoms with Gasteiger partial charge in [-0.1, -0.05) is 52.0 Å². The van der Waals surface area contributed by atoms with E-state index in [1.165, 1.54) is 0 Å². The molecule has 2 aromatic heterocycles. The summed E-state index contributed by atoms with van der Waals surface area (Å²) in [6.07, 6.45) is 2.19. The van der Waals surface area contributed by atoms with Crippen molar-refractivity contribution < 1.29 is 9.21 Å². The molecule has 0 fully saturated rings. The summed E-state index contributed by atoms with van der Waals surface area (Å²) in [5.74, 6) is 1.09. The highest BCUT2D eigenvalue weighted by atomic mass is 16.3. The number of furan rings is 1. The maximum atomic E-state index is 13.8. The van der Waals surface area contributed by atoms with Crippen LogP contribution >= 0.6 is 0 Å². The van der Waals surface area contributed by atoms with Crippen LogP contribution in [0.25, 0.3) is 10.9 Å². The molecule has 6 heteroatoms. The van der Waals surface area contributed by atoms with Crippen molar-refractivity contribution in [2.75, 3.05) is 0 Å². The number of hydrogen-bond donors (Lipinski definition) is 0. The molecule has 0 unspecified atom stereocenters. The van der Waals surface area contributed by atoms with Gasteiger partial charge >= 0.3 is 0 Å². The van der Waals surface area contributed by atoms with Gasteiger partial charge in [0, 0.05) is 12.6 Å². The van der Waals surface area contributed by atoms with Crippen molar-refractivity contribution in [3.8, 4) is 0 Å². The summed E-state index contributed by atoms with van der Waals surface area (Å²) in [4.78, 5) is 33.5. The van der Waals surface area contributed by atoms with Gasteiger partial charge in [-0.2, -0.15) is 0 Å². The van der Waals surface area contributed by atoms with Crippen LogP contribution in [0, 0.1) is 0 Å². The van der Waals surface area contributed by atoms with Crippen molar-refractivity contribution in [3.63, 3.8) is 0 Å². The van der Waals surface area contributed by atoms with Gasteiger partial charge in [-0.05, 0) is 53.8 Å². The number of rotatable bonds is 6. The van der Waals surface area contributed by atoms with Crippen LogP contribution in [0.4, 0.5) is 0 Å². The molecule has 0 aliphatic heterocycles. The highest BCUT2D eigenvalue weighted by molar-refractivity contribution is 5.94. The smallest absolute Gasteiger partial charge is 0.261 e. The fourth-order valence-corrected chi connectivity index (χ4v) is 4.25. The standard InChI is InChI=1S/C28H31N3O3/c1-6-24(25-29-23-12-8-7-11-22(23)27(33)30(25)5)31(18-21-10-9-17-34-21)26(32)19-13-15-20(16-14-19)28(2,3)4/h7-17,24H,6,18H2,1-5H3/t24-/m1/s1. The average Bonchev–Trinajstić information content (AvgIpc) is 3.34. The number of nitrogens with zero attached hydrogens (tertiary/aromatic N) is 3. The number of benzene rings is 2. The minimum atomic E-state index is -0.415. The number of hydrogen-bond acceptors (Lipinski definition) is 4. The van der Waals surface area contributed by atoms with Crippen LogP contribution in [0.1, 0.15) is 67.7 Å². The van der Waals surface area contributed by atoms with Crippen LogP contribution in [0.5, 0.6) is 0 Å². The van der Waals surface area contributed by atoms with Gasteiger partial charge < -0.3 is 9.32 Å². The van der Waals surface area contributed by atoms with Crippen LogP contribution in [-0.2, 0) is 19.0 Å². The van der Waals surface area contributed by atoms with Crippen LogP contribution in [0.2, 0.25) is 0 Å². The minimum absolute atomic E-state index is 0.00528. The van der Waals surface area contributed by atoms with E-state index in [9.17, 15) is 9.59 Å². The lowest BCUT2D eigenvalue weighted by Gasteiger charge is -2.31. The molecule has 0 saturated heterocycles. The molecule has 0 bridgehead atoms. The van der Waals surface area contributed by atoms with Crippen molar-refractivity contribution in [2.24, 2.45) is 7.05 Å². The first-order chi connectivity index (χ1) is 16.2. The number of amides is 1. The molecule has 0 radical (unpaired) electrons. The van der Waals surface area contributed by atoms with E-state index in [1.807, 2.05) is 55.5 Å². The molecule has 34 heavy (non-hydrogen) atoms. The first-order valence-electron chi connectivity index (χ1n) is 11.6. The number of fused-ring (bicyclic) bond motifs is 1. The Hall–Kier alpha value is -3.67. The van der Waals surface area contributed by atoms with Crippen molar-refractivity contribution in [2.45, 2.75) is 52.1 Å². The maximum Gasteiger partial charge on any atom is 0.261 e. The van der Waals surface area contributed by atoms with Crippen molar-refractivity contribution in [3.05, 3.63) is 100.0 Å². The molecule has 0 aliphatic carbocycles. The van der Waals surface area contributed by atoms with E-state index in [2.05, 4.69) is 20.8 Å². The first kappa shape index (κ1) is 23.5. The molecule has 0 aliphatic rings. The lowest BCUT2D eigenvalue weighted by molar-refractivity contribution is 0.0622. The molecule has 176 valence electrons. The molecule has 4 rings (SSSR count). The summed E-state index contributed by atoms with van der Waals surface area (Å²) in [5, 5.41) is 0.560. The second-order valence-electron chi connectivity index (χ2n) is 9.62.